The highest BCUT2D eigenvalue weighted by molar-refractivity contribution is 7.89. The number of sulfonamides is 1. The third-order valence-electron chi connectivity index (χ3n) is 3.78. The lowest BCUT2D eigenvalue weighted by molar-refractivity contribution is 0.102. The average molecular weight is 348 g/mol. The zero-order valence-corrected chi connectivity index (χ0v) is 13.9. The molecule has 126 valence electrons. The molecule has 2 N–H and O–H groups in total. The van der Waals surface area contributed by atoms with E-state index in [4.69, 9.17) is 0 Å². The highest BCUT2D eigenvalue weighted by Gasteiger charge is 2.30. The van der Waals surface area contributed by atoms with Gasteiger partial charge in [-0.15, -0.1) is 0 Å². The van der Waals surface area contributed by atoms with E-state index in [1.165, 1.54) is 6.07 Å². The van der Waals surface area contributed by atoms with E-state index < -0.39 is 26.6 Å². The number of anilines is 1. The minimum atomic E-state index is -3.97. The second-order valence-corrected chi connectivity index (χ2v) is 7.49. The number of hydrogen-bond acceptors (Lipinski definition) is 3. The zero-order valence-electron chi connectivity index (χ0n) is 13.0. The smallest absolute Gasteiger partial charge is 0.255 e. The van der Waals surface area contributed by atoms with Gasteiger partial charge in [-0.2, -0.15) is 0 Å². The maximum atomic E-state index is 13.9. The number of benzene rings is 2. The Morgan fingerprint density at radius 1 is 1.17 bits per heavy atom. The van der Waals surface area contributed by atoms with Gasteiger partial charge >= 0.3 is 0 Å². The van der Waals surface area contributed by atoms with Crippen LogP contribution in [0.1, 0.15) is 28.8 Å². The van der Waals surface area contributed by atoms with Crippen molar-refractivity contribution in [1.82, 2.24) is 4.72 Å². The highest BCUT2D eigenvalue weighted by atomic mass is 32.2. The Bertz CT molecular complexity index is 892. The van der Waals surface area contributed by atoms with Gasteiger partial charge in [-0.3, -0.25) is 4.79 Å². The molecule has 0 bridgehead atoms. The third-order valence-corrected chi connectivity index (χ3v) is 5.31. The van der Waals surface area contributed by atoms with E-state index in [1.54, 1.807) is 12.1 Å². The maximum Gasteiger partial charge on any atom is 0.255 e. The van der Waals surface area contributed by atoms with Gasteiger partial charge in [0, 0.05) is 17.3 Å². The van der Waals surface area contributed by atoms with Crippen molar-refractivity contribution in [3.8, 4) is 0 Å². The first-order chi connectivity index (χ1) is 11.4. The summed E-state index contributed by atoms with van der Waals surface area (Å²) in [6.45, 7) is 1.84. The molecule has 1 amide bonds. The number of amides is 1. The summed E-state index contributed by atoms with van der Waals surface area (Å²) < 4.78 is 40.8. The van der Waals surface area contributed by atoms with Crippen LogP contribution in [0.2, 0.25) is 0 Å². The van der Waals surface area contributed by atoms with E-state index >= 15 is 0 Å². The molecule has 3 rings (SSSR count). The van der Waals surface area contributed by atoms with Crippen LogP contribution in [-0.4, -0.2) is 20.4 Å². The monoisotopic (exact) mass is 348 g/mol. The van der Waals surface area contributed by atoms with E-state index in [1.807, 2.05) is 19.1 Å². The normalized spacial score (nSPS) is 14.4. The Morgan fingerprint density at radius 2 is 1.88 bits per heavy atom. The van der Waals surface area contributed by atoms with Gasteiger partial charge in [0.2, 0.25) is 10.0 Å². The highest BCUT2D eigenvalue weighted by Crippen LogP contribution is 2.24. The molecule has 2 aromatic carbocycles. The standard InChI is InChI=1S/C17H17FN2O3S/c1-11-4-2-3-5-15(11)19-17(21)12-6-9-14(18)16(10-12)24(22,23)20-13-7-8-13/h2-6,9-10,13,20H,7-8H2,1H3,(H,19,21). The second-order valence-electron chi connectivity index (χ2n) is 5.81. The summed E-state index contributed by atoms with van der Waals surface area (Å²) in [6, 6.07) is 10.4. The second kappa shape index (κ2) is 6.33. The fourth-order valence-corrected chi connectivity index (χ4v) is 3.65. The van der Waals surface area contributed by atoms with Crippen LogP contribution in [0, 0.1) is 12.7 Å². The molecule has 0 spiro atoms. The van der Waals surface area contributed by atoms with Gasteiger partial charge < -0.3 is 5.32 Å². The third kappa shape index (κ3) is 3.63. The van der Waals surface area contributed by atoms with Crippen LogP contribution < -0.4 is 10.0 Å². The van der Waals surface area contributed by atoms with Crippen molar-refractivity contribution in [2.75, 3.05) is 5.32 Å². The molecule has 0 saturated heterocycles. The summed E-state index contributed by atoms with van der Waals surface area (Å²) in [4.78, 5) is 11.8. The van der Waals surface area contributed by atoms with Gasteiger partial charge in [-0.25, -0.2) is 17.5 Å². The SMILES string of the molecule is Cc1ccccc1NC(=O)c1ccc(F)c(S(=O)(=O)NC2CC2)c1. The Labute approximate surface area is 139 Å². The fourth-order valence-electron chi connectivity index (χ4n) is 2.24. The summed E-state index contributed by atoms with van der Waals surface area (Å²) in [5.41, 5.74) is 1.57. The van der Waals surface area contributed by atoms with Crippen LogP contribution in [0.5, 0.6) is 0 Å². The number of carbonyl (C=O) groups is 1. The van der Waals surface area contributed by atoms with Gasteiger partial charge in [0.15, 0.2) is 0 Å². The number of rotatable bonds is 5. The summed E-state index contributed by atoms with van der Waals surface area (Å²) in [5.74, 6) is -1.37. The lowest BCUT2D eigenvalue weighted by atomic mass is 10.1. The van der Waals surface area contributed by atoms with E-state index in [9.17, 15) is 17.6 Å². The van der Waals surface area contributed by atoms with Crippen LogP contribution in [0.15, 0.2) is 47.4 Å². The Morgan fingerprint density at radius 3 is 2.54 bits per heavy atom. The van der Waals surface area contributed by atoms with Crippen LogP contribution in [0.4, 0.5) is 10.1 Å². The van der Waals surface area contributed by atoms with Crippen molar-refractivity contribution in [2.24, 2.45) is 0 Å². The van der Waals surface area contributed by atoms with Gasteiger partial charge in [0.05, 0.1) is 0 Å². The Balaban J connectivity index is 1.87. The van der Waals surface area contributed by atoms with Crippen LogP contribution in [-0.2, 0) is 10.0 Å². The quantitative estimate of drug-likeness (QED) is 0.872. The number of carbonyl (C=O) groups excluding carboxylic acids is 1. The first kappa shape index (κ1) is 16.6. The van der Waals surface area contributed by atoms with Crippen molar-refractivity contribution in [3.05, 3.63) is 59.4 Å². The van der Waals surface area contributed by atoms with E-state index in [0.29, 0.717) is 5.69 Å². The van der Waals surface area contributed by atoms with Gasteiger partial charge in [0.1, 0.15) is 10.7 Å². The molecule has 1 fully saturated rings. The fraction of sp³-hybridized carbons (Fsp3) is 0.235. The van der Waals surface area contributed by atoms with Gasteiger partial charge in [-0.1, -0.05) is 18.2 Å². The molecule has 2 aromatic rings. The largest absolute Gasteiger partial charge is 0.322 e. The van der Waals surface area contributed by atoms with Crippen molar-refractivity contribution in [1.29, 1.82) is 0 Å². The Kier molecular flexibility index (Phi) is 4.38. The predicted molar refractivity (Wildman–Crippen MR) is 88.9 cm³/mol. The lowest BCUT2D eigenvalue weighted by Crippen LogP contribution is -2.27. The minimum Gasteiger partial charge on any atom is -0.322 e. The van der Waals surface area contributed by atoms with Crippen molar-refractivity contribution < 1.29 is 17.6 Å². The molecular weight excluding hydrogens is 331 g/mol. The zero-order chi connectivity index (χ0) is 17.3. The van der Waals surface area contributed by atoms with Crippen molar-refractivity contribution in [2.45, 2.75) is 30.7 Å². The first-order valence-corrected chi connectivity index (χ1v) is 9.04. The van der Waals surface area contributed by atoms with E-state index in [-0.39, 0.29) is 11.6 Å². The van der Waals surface area contributed by atoms with Crippen LogP contribution in [0.3, 0.4) is 0 Å². The summed E-state index contributed by atoms with van der Waals surface area (Å²) in [7, 11) is -3.97. The molecule has 5 nitrogen and oxygen atoms in total. The topological polar surface area (TPSA) is 75.3 Å². The van der Waals surface area contributed by atoms with Gasteiger partial charge in [0.25, 0.3) is 5.91 Å². The number of para-hydroxylation sites is 1. The molecule has 0 atom stereocenters. The van der Waals surface area contributed by atoms with E-state index in [0.717, 1.165) is 30.5 Å². The number of halogens is 1. The molecular formula is C17H17FN2O3S. The minimum absolute atomic E-state index is 0.0795. The van der Waals surface area contributed by atoms with E-state index in [2.05, 4.69) is 10.0 Å². The van der Waals surface area contributed by atoms with Crippen LogP contribution in [0.25, 0.3) is 0 Å². The molecule has 1 saturated carbocycles. The molecule has 0 aromatic heterocycles. The molecule has 0 heterocycles. The summed E-state index contributed by atoms with van der Waals surface area (Å²) >= 11 is 0. The maximum absolute atomic E-state index is 13.9. The summed E-state index contributed by atoms with van der Waals surface area (Å²) in [6.07, 6.45) is 1.49. The molecule has 0 radical (unpaired) electrons. The first-order valence-electron chi connectivity index (χ1n) is 7.56. The number of nitrogens with one attached hydrogen (secondary N) is 2. The molecule has 0 unspecified atom stereocenters. The van der Waals surface area contributed by atoms with Gasteiger partial charge in [-0.05, 0) is 49.6 Å². The molecule has 1 aliphatic carbocycles. The van der Waals surface area contributed by atoms with Crippen molar-refractivity contribution >= 4 is 21.6 Å². The molecule has 1 aliphatic rings. The number of hydrogen-bond donors (Lipinski definition) is 2. The predicted octanol–water partition coefficient (Wildman–Crippen LogP) is 2.83. The molecule has 24 heavy (non-hydrogen) atoms. The number of aryl methyl sites for hydroxylation is 1. The summed E-state index contributed by atoms with van der Waals surface area (Å²) in [5, 5.41) is 2.70. The van der Waals surface area contributed by atoms with Crippen LogP contribution >= 0.6 is 0 Å². The lowest BCUT2D eigenvalue weighted by Gasteiger charge is -2.10. The molecule has 0 aliphatic heterocycles. The molecule has 7 heteroatoms. The van der Waals surface area contributed by atoms with Crippen molar-refractivity contribution in [3.63, 3.8) is 0 Å². The average Bonchev–Trinajstić information content (AvgIpc) is 3.33. The Hall–Kier alpha value is -2.25.